The van der Waals surface area contributed by atoms with E-state index in [0.29, 0.717) is 0 Å². The molecular formula is C10H9F3N2O3. The Labute approximate surface area is 99.6 Å². The van der Waals surface area contributed by atoms with Crippen LogP contribution in [0, 0.1) is 0 Å². The molecule has 1 rings (SSSR count). The summed E-state index contributed by atoms with van der Waals surface area (Å²) >= 11 is 0. The molecule has 2 amide bonds. The van der Waals surface area contributed by atoms with Gasteiger partial charge in [0.1, 0.15) is 6.54 Å². The summed E-state index contributed by atoms with van der Waals surface area (Å²) in [7, 11) is 0. The van der Waals surface area contributed by atoms with E-state index in [-0.39, 0.29) is 11.3 Å². The van der Waals surface area contributed by atoms with Crippen molar-refractivity contribution in [2.75, 3.05) is 11.9 Å². The standard InChI is InChI=1S/C10H9F3N2O3/c11-10(12,13)5-14-9(18)15-7-4-2-1-3-6(7)8(16)17/h1-4H,5H2,(H,16,17)(H2,14,15,18). The minimum absolute atomic E-state index is 0.0790. The second-order valence-electron chi connectivity index (χ2n) is 3.27. The molecule has 0 unspecified atom stereocenters. The van der Waals surface area contributed by atoms with Gasteiger partial charge in [-0.1, -0.05) is 12.1 Å². The van der Waals surface area contributed by atoms with Crippen LogP contribution in [0.25, 0.3) is 0 Å². The molecule has 0 aliphatic heterocycles. The molecule has 0 heterocycles. The molecule has 0 spiro atoms. The highest BCUT2D eigenvalue weighted by atomic mass is 19.4. The Bertz CT molecular complexity index is 460. The van der Waals surface area contributed by atoms with Crippen molar-refractivity contribution < 1.29 is 27.9 Å². The predicted molar refractivity (Wildman–Crippen MR) is 56.5 cm³/mol. The van der Waals surface area contributed by atoms with Gasteiger partial charge >= 0.3 is 18.2 Å². The van der Waals surface area contributed by atoms with Crippen LogP contribution in [0.5, 0.6) is 0 Å². The van der Waals surface area contributed by atoms with E-state index in [9.17, 15) is 22.8 Å². The van der Waals surface area contributed by atoms with Crippen molar-refractivity contribution in [3.8, 4) is 0 Å². The lowest BCUT2D eigenvalue weighted by Gasteiger charge is -2.11. The molecule has 5 nitrogen and oxygen atoms in total. The minimum Gasteiger partial charge on any atom is -0.478 e. The maximum absolute atomic E-state index is 11.8. The highest BCUT2D eigenvalue weighted by molar-refractivity contribution is 5.99. The summed E-state index contributed by atoms with van der Waals surface area (Å²) in [6.45, 7) is -1.49. The number of carboxylic acid groups (broad SMARTS) is 1. The molecule has 8 heteroatoms. The van der Waals surface area contributed by atoms with Gasteiger partial charge in [0.25, 0.3) is 0 Å². The lowest BCUT2D eigenvalue weighted by Crippen LogP contribution is -2.36. The topological polar surface area (TPSA) is 78.4 Å². The van der Waals surface area contributed by atoms with Gasteiger partial charge in [-0.05, 0) is 12.1 Å². The van der Waals surface area contributed by atoms with Gasteiger partial charge in [0.05, 0.1) is 11.3 Å². The van der Waals surface area contributed by atoms with Crippen molar-refractivity contribution >= 4 is 17.7 Å². The van der Waals surface area contributed by atoms with Crippen LogP contribution in [0.4, 0.5) is 23.7 Å². The normalized spacial score (nSPS) is 10.8. The molecule has 0 aromatic heterocycles. The molecule has 0 aliphatic carbocycles. The van der Waals surface area contributed by atoms with Crippen LogP contribution in [-0.4, -0.2) is 29.8 Å². The first-order valence-corrected chi connectivity index (χ1v) is 4.73. The van der Waals surface area contributed by atoms with Crippen LogP contribution in [0.1, 0.15) is 10.4 Å². The molecule has 3 N–H and O–H groups in total. The number of hydrogen-bond acceptors (Lipinski definition) is 2. The van der Waals surface area contributed by atoms with Gasteiger partial charge in [-0.3, -0.25) is 0 Å². The molecule has 0 bridgehead atoms. The molecule has 0 radical (unpaired) electrons. The molecule has 18 heavy (non-hydrogen) atoms. The van der Waals surface area contributed by atoms with E-state index < -0.39 is 24.7 Å². The van der Waals surface area contributed by atoms with Gasteiger partial charge in [0.15, 0.2) is 0 Å². The zero-order valence-corrected chi connectivity index (χ0v) is 8.91. The van der Waals surface area contributed by atoms with Crippen LogP contribution in [-0.2, 0) is 0 Å². The Balaban J connectivity index is 2.68. The van der Waals surface area contributed by atoms with Crippen molar-refractivity contribution in [1.29, 1.82) is 0 Å². The van der Waals surface area contributed by atoms with Gasteiger partial charge in [0, 0.05) is 0 Å². The molecule has 0 aliphatic rings. The fourth-order valence-corrected chi connectivity index (χ4v) is 1.13. The monoisotopic (exact) mass is 262 g/mol. The Morgan fingerprint density at radius 3 is 2.39 bits per heavy atom. The lowest BCUT2D eigenvalue weighted by molar-refractivity contribution is -0.122. The van der Waals surface area contributed by atoms with Crippen LogP contribution < -0.4 is 10.6 Å². The number of hydrogen-bond donors (Lipinski definition) is 3. The first-order chi connectivity index (χ1) is 8.29. The zero-order valence-electron chi connectivity index (χ0n) is 8.91. The molecule has 0 atom stereocenters. The number of benzene rings is 1. The van der Waals surface area contributed by atoms with Crippen molar-refractivity contribution in [3.63, 3.8) is 0 Å². The van der Waals surface area contributed by atoms with Crippen molar-refractivity contribution in [3.05, 3.63) is 29.8 Å². The minimum atomic E-state index is -4.52. The molecule has 1 aromatic rings. The van der Waals surface area contributed by atoms with Crippen LogP contribution >= 0.6 is 0 Å². The third kappa shape index (κ3) is 4.32. The number of alkyl halides is 3. The summed E-state index contributed by atoms with van der Waals surface area (Å²) in [6.07, 6.45) is -4.52. The highest BCUT2D eigenvalue weighted by Crippen LogP contribution is 2.15. The molecule has 0 fully saturated rings. The number of carboxylic acids is 1. The van der Waals surface area contributed by atoms with Crippen LogP contribution in [0.3, 0.4) is 0 Å². The quantitative estimate of drug-likeness (QED) is 0.780. The number of amides is 2. The van der Waals surface area contributed by atoms with Gasteiger partial charge in [-0.25, -0.2) is 9.59 Å². The van der Waals surface area contributed by atoms with E-state index in [0.717, 1.165) is 0 Å². The Morgan fingerprint density at radius 1 is 1.22 bits per heavy atom. The van der Waals surface area contributed by atoms with Crippen LogP contribution in [0.2, 0.25) is 0 Å². The van der Waals surface area contributed by atoms with Gasteiger partial charge < -0.3 is 15.7 Å². The maximum atomic E-state index is 11.8. The summed E-state index contributed by atoms with van der Waals surface area (Å²) in [5.74, 6) is -1.29. The lowest BCUT2D eigenvalue weighted by atomic mass is 10.2. The van der Waals surface area contributed by atoms with E-state index in [1.807, 2.05) is 5.32 Å². The Hall–Kier alpha value is -2.25. The number of rotatable bonds is 3. The van der Waals surface area contributed by atoms with Crippen molar-refractivity contribution in [2.45, 2.75) is 6.18 Å². The largest absolute Gasteiger partial charge is 0.478 e. The maximum Gasteiger partial charge on any atom is 0.405 e. The number of halogens is 3. The van der Waals surface area contributed by atoms with Gasteiger partial charge in [0.2, 0.25) is 0 Å². The highest BCUT2D eigenvalue weighted by Gasteiger charge is 2.27. The average Bonchev–Trinajstić information content (AvgIpc) is 2.26. The first-order valence-electron chi connectivity index (χ1n) is 4.73. The number of anilines is 1. The van der Waals surface area contributed by atoms with Gasteiger partial charge in [-0.2, -0.15) is 13.2 Å². The van der Waals surface area contributed by atoms with E-state index in [1.165, 1.54) is 24.3 Å². The van der Waals surface area contributed by atoms with Gasteiger partial charge in [-0.15, -0.1) is 0 Å². The first kappa shape index (κ1) is 13.8. The third-order valence-electron chi connectivity index (χ3n) is 1.86. The second kappa shape index (κ2) is 5.39. The van der Waals surface area contributed by atoms with Crippen molar-refractivity contribution in [1.82, 2.24) is 5.32 Å². The summed E-state index contributed by atoms with van der Waals surface area (Å²) in [6, 6.07) is 4.26. The fraction of sp³-hybridized carbons (Fsp3) is 0.200. The molecule has 0 saturated carbocycles. The molecule has 0 saturated heterocycles. The van der Waals surface area contributed by atoms with E-state index in [2.05, 4.69) is 0 Å². The summed E-state index contributed by atoms with van der Waals surface area (Å²) in [5, 5.41) is 12.4. The number of aromatic carboxylic acids is 1. The van der Waals surface area contributed by atoms with Crippen molar-refractivity contribution in [2.24, 2.45) is 0 Å². The van der Waals surface area contributed by atoms with E-state index in [4.69, 9.17) is 5.11 Å². The SMILES string of the molecule is O=C(NCC(F)(F)F)Nc1ccccc1C(=O)O. The zero-order chi connectivity index (χ0) is 13.8. The summed E-state index contributed by atoms with van der Waals surface area (Å²) < 4.78 is 35.5. The number of carbonyl (C=O) groups excluding carboxylic acids is 1. The van der Waals surface area contributed by atoms with E-state index >= 15 is 0 Å². The number of para-hydroxylation sites is 1. The number of urea groups is 1. The average molecular weight is 262 g/mol. The third-order valence-corrected chi connectivity index (χ3v) is 1.86. The predicted octanol–water partition coefficient (Wildman–Crippen LogP) is 2.07. The summed E-state index contributed by atoms with van der Waals surface area (Å²) in [5.41, 5.74) is -0.288. The van der Waals surface area contributed by atoms with Crippen LogP contribution in [0.15, 0.2) is 24.3 Å². The number of carbonyl (C=O) groups is 2. The number of nitrogens with one attached hydrogen (secondary N) is 2. The molecule has 1 aromatic carbocycles. The smallest absolute Gasteiger partial charge is 0.405 e. The fourth-order valence-electron chi connectivity index (χ4n) is 1.13. The Kier molecular flexibility index (Phi) is 4.13. The van der Waals surface area contributed by atoms with E-state index in [1.54, 1.807) is 5.32 Å². The second-order valence-corrected chi connectivity index (χ2v) is 3.27. The Morgan fingerprint density at radius 2 is 1.83 bits per heavy atom. The molecular weight excluding hydrogens is 253 g/mol. The molecule has 98 valence electrons. The summed E-state index contributed by atoms with van der Waals surface area (Å²) in [4.78, 5) is 21.9.